The minimum atomic E-state index is -0.262. The molecule has 0 aromatic heterocycles. The SMILES string of the molecule is COC(=O)C(C)CN(CC(C)C)C(=O)CCC1CCCCC1. The largest absolute Gasteiger partial charge is 0.469 e. The maximum atomic E-state index is 12.5. The van der Waals surface area contributed by atoms with Gasteiger partial charge in [-0.1, -0.05) is 52.9 Å². The van der Waals surface area contributed by atoms with Crippen molar-refractivity contribution < 1.29 is 14.3 Å². The van der Waals surface area contributed by atoms with Crippen molar-refractivity contribution in [2.45, 2.75) is 65.7 Å². The van der Waals surface area contributed by atoms with Crippen LogP contribution in [0.5, 0.6) is 0 Å². The number of amides is 1. The zero-order valence-electron chi connectivity index (χ0n) is 14.8. The van der Waals surface area contributed by atoms with Gasteiger partial charge in [0.05, 0.1) is 13.0 Å². The van der Waals surface area contributed by atoms with Crippen molar-refractivity contribution >= 4 is 11.9 Å². The number of hydrogen-bond donors (Lipinski definition) is 0. The summed E-state index contributed by atoms with van der Waals surface area (Å²) in [4.78, 5) is 26.0. The molecule has 1 atom stereocenters. The summed E-state index contributed by atoms with van der Waals surface area (Å²) in [6.45, 7) is 7.21. The Kier molecular flexibility index (Phi) is 8.51. The molecule has 1 rings (SSSR count). The van der Waals surface area contributed by atoms with E-state index in [0.717, 1.165) is 12.3 Å². The molecular weight excluding hydrogens is 278 g/mol. The van der Waals surface area contributed by atoms with E-state index in [4.69, 9.17) is 4.74 Å². The first-order chi connectivity index (χ1) is 10.4. The summed E-state index contributed by atoms with van der Waals surface area (Å²) in [5.74, 6) is 0.811. The molecule has 1 unspecified atom stereocenters. The summed E-state index contributed by atoms with van der Waals surface area (Å²) >= 11 is 0. The predicted molar refractivity (Wildman–Crippen MR) is 88.4 cm³/mol. The first kappa shape index (κ1) is 19.0. The molecule has 22 heavy (non-hydrogen) atoms. The molecule has 0 saturated heterocycles. The molecule has 128 valence electrons. The van der Waals surface area contributed by atoms with E-state index in [1.807, 2.05) is 11.8 Å². The van der Waals surface area contributed by atoms with Gasteiger partial charge in [0.1, 0.15) is 0 Å². The van der Waals surface area contributed by atoms with Crippen LogP contribution in [0, 0.1) is 17.8 Å². The smallest absolute Gasteiger partial charge is 0.310 e. The van der Waals surface area contributed by atoms with Gasteiger partial charge < -0.3 is 9.64 Å². The summed E-state index contributed by atoms with van der Waals surface area (Å²) < 4.78 is 4.78. The van der Waals surface area contributed by atoms with Gasteiger partial charge in [-0.2, -0.15) is 0 Å². The van der Waals surface area contributed by atoms with Gasteiger partial charge in [0.2, 0.25) is 5.91 Å². The molecule has 1 aliphatic rings. The molecule has 4 heteroatoms. The molecule has 0 radical (unpaired) electrons. The number of nitrogens with zero attached hydrogens (tertiary/aromatic N) is 1. The van der Waals surface area contributed by atoms with E-state index >= 15 is 0 Å². The molecule has 0 heterocycles. The maximum Gasteiger partial charge on any atom is 0.310 e. The summed E-state index contributed by atoms with van der Waals surface area (Å²) in [6.07, 6.45) is 8.14. The van der Waals surface area contributed by atoms with Gasteiger partial charge in [-0.3, -0.25) is 9.59 Å². The predicted octanol–water partition coefficient (Wildman–Crippen LogP) is 3.64. The van der Waals surface area contributed by atoms with Crippen LogP contribution in [0.25, 0.3) is 0 Å². The lowest BCUT2D eigenvalue weighted by atomic mass is 9.86. The number of ether oxygens (including phenoxy) is 1. The van der Waals surface area contributed by atoms with Crippen LogP contribution in [0.2, 0.25) is 0 Å². The second-order valence-corrected chi connectivity index (χ2v) is 7.16. The summed E-state index contributed by atoms with van der Waals surface area (Å²) in [6, 6.07) is 0. The van der Waals surface area contributed by atoms with E-state index < -0.39 is 0 Å². The normalized spacial score (nSPS) is 17.3. The van der Waals surface area contributed by atoms with Crippen LogP contribution in [0.3, 0.4) is 0 Å². The van der Waals surface area contributed by atoms with Crippen LogP contribution in [0.15, 0.2) is 0 Å². The molecule has 1 saturated carbocycles. The highest BCUT2D eigenvalue weighted by Gasteiger charge is 2.23. The zero-order valence-corrected chi connectivity index (χ0v) is 14.8. The Labute approximate surface area is 135 Å². The third kappa shape index (κ3) is 6.80. The van der Waals surface area contributed by atoms with E-state index in [-0.39, 0.29) is 17.8 Å². The number of methoxy groups -OCH3 is 1. The first-order valence-corrected chi connectivity index (χ1v) is 8.79. The van der Waals surface area contributed by atoms with Gasteiger partial charge in [0.15, 0.2) is 0 Å². The molecule has 0 aromatic rings. The minimum absolute atomic E-state index is 0.190. The zero-order chi connectivity index (χ0) is 16.5. The van der Waals surface area contributed by atoms with Crippen LogP contribution < -0.4 is 0 Å². The standard InChI is InChI=1S/C18H33NO3/c1-14(2)12-19(13-15(3)18(21)22-4)17(20)11-10-16-8-6-5-7-9-16/h14-16H,5-13H2,1-4H3. The van der Waals surface area contributed by atoms with E-state index in [1.165, 1.54) is 39.2 Å². The second-order valence-electron chi connectivity index (χ2n) is 7.16. The number of rotatable bonds is 8. The maximum absolute atomic E-state index is 12.5. The van der Waals surface area contributed by atoms with Crippen molar-refractivity contribution in [2.75, 3.05) is 20.2 Å². The molecule has 0 aliphatic heterocycles. The molecule has 4 nitrogen and oxygen atoms in total. The third-order valence-corrected chi connectivity index (χ3v) is 4.53. The van der Waals surface area contributed by atoms with Crippen molar-refractivity contribution in [3.8, 4) is 0 Å². The quantitative estimate of drug-likeness (QED) is 0.643. The Hall–Kier alpha value is -1.06. The van der Waals surface area contributed by atoms with Crippen LogP contribution in [-0.4, -0.2) is 37.0 Å². The van der Waals surface area contributed by atoms with Crippen LogP contribution in [0.4, 0.5) is 0 Å². The van der Waals surface area contributed by atoms with Gasteiger partial charge in [0, 0.05) is 19.5 Å². The number of carbonyl (C=O) groups is 2. The monoisotopic (exact) mass is 311 g/mol. The lowest BCUT2D eigenvalue weighted by Crippen LogP contribution is -2.39. The van der Waals surface area contributed by atoms with Crippen molar-refractivity contribution in [2.24, 2.45) is 17.8 Å². The summed E-state index contributed by atoms with van der Waals surface area (Å²) in [5, 5.41) is 0. The average Bonchev–Trinajstić information content (AvgIpc) is 2.51. The van der Waals surface area contributed by atoms with Crippen LogP contribution in [-0.2, 0) is 14.3 Å². The van der Waals surface area contributed by atoms with Gasteiger partial charge in [-0.05, 0) is 18.3 Å². The summed E-state index contributed by atoms with van der Waals surface area (Å²) in [5.41, 5.74) is 0. The topological polar surface area (TPSA) is 46.6 Å². The van der Waals surface area contributed by atoms with Crippen molar-refractivity contribution in [1.82, 2.24) is 4.90 Å². The summed E-state index contributed by atoms with van der Waals surface area (Å²) in [7, 11) is 1.40. The lowest BCUT2D eigenvalue weighted by Gasteiger charge is -2.28. The fourth-order valence-corrected chi connectivity index (χ4v) is 3.29. The molecule has 0 bridgehead atoms. The van der Waals surface area contributed by atoms with Crippen LogP contribution >= 0.6 is 0 Å². The van der Waals surface area contributed by atoms with Crippen molar-refractivity contribution in [3.63, 3.8) is 0 Å². The van der Waals surface area contributed by atoms with Gasteiger partial charge >= 0.3 is 5.97 Å². The molecule has 0 aromatic carbocycles. The van der Waals surface area contributed by atoms with E-state index in [9.17, 15) is 9.59 Å². The Morgan fingerprint density at radius 2 is 1.73 bits per heavy atom. The third-order valence-electron chi connectivity index (χ3n) is 4.53. The van der Waals surface area contributed by atoms with Gasteiger partial charge in [-0.25, -0.2) is 0 Å². The molecule has 1 aliphatic carbocycles. The van der Waals surface area contributed by atoms with Gasteiger partial charge in [-0.15, -0.1) is 0 Å². The Bertz CT molecular complexity index is 348. The Balaban J connectivity index is 2.49. The number of esters is 1. The first-order valence-electron chi connectivity index (χ1n) is 8.79. The van der Waals surface area contributed by atoms with E-state index in [2.05, 4.69) is 13.8 Å². The highest BCUT2D eigenvalue weighted by atomic mass is 16.5. The molecular formula is C18H33NO3. The van der Waals surface area contributed by atoms with E-state index in [0.29, 0.717) is 25.4 Å². The second kappa shape index (κ2) is 9.86. The van der Waals surface area contributed by atoms with Crippen molar-refractivity contribution in [3.05, 3.63) is 0 Å². The molecule has 1 amide bonds. The van der Waals surface area contributed by atoms with Crippen LogP contribution in [0.1, 0.15) is 65.7 Å². The van der Waals surface area contributed by atoms with Crippen molar-refractivity contribution in [1.29, 1.82) is 0 Å². The average molecular weight is 311 g/mol. The molecule has 0 spiro atoms. The molecule has 0 N–H and O–H groups in total. The molecule has 1 fully saturated rings. The van der Waals surface area contributed by atoms with E-state index in [1.54, 1.807) is 0 Å². The lowest BCUT2D eigenvalue weighted by molar-refractivity contribution is -0.146. The highest BCUT2D eigenvalue weighted by molar-refractivity contribution is 5.78. The minimum Gasteiger partial charge on any atom is -0.469 e. The Morgan fingerprint density at radius 3 is 2.27 bits per heavy atom. The number of carbonyl (C=O) groups excluding carboxylic acids is 2. The number of hydrogen-bond acceptors (Lipinski definition) is 3. The fraction of sp³-hybridized carbons (Fsp3) is 0.889. The van der Waals surface area contributed by atoms with Gasteiger partial charge in [0.25, 0.3) is 0 Å². The Morgan fingerprint density at radius 1 is 1.09 bits per heavy atom. The fourth-order valence-electron chi connectivity index (χ4n) is 3.29. The highest BCUT2D eigenvalue weighted by Crippen LogP contribution is 2.27.